The van der Waals surface area contributed by atoms with Gasteiger partial charge in [0.05, 0.1) is 12.8 Å². The van der Waals surface area contributed by atoms with Crippen LogP contribution in [0, 0.1) is 0 Å². The van der Waals surface area contributed by atoms with Crippen molar-refractivity contribution in [1.29, 1.82) is 0 Å². The van der Waals surface area contributed by atoms with E-state index in [1.165, 1.54) is 17.9 Å². The fourth-order valence-electron chi connectivity index (χ4n) is 1.62. The Morgan fingerprint density at radius 2 is 2.43 bits per heavy atom. The summed E-state index contributed by atoms with van der Waals surface area (Å²) >= 11 is 1.98. The molecule has 0 amide bonds. The number of aromatic nitrogens is 1. The van der Waals surface area contributed by atoms with Crippen LogP contribution in [0.4, 0.5) is 5.69 Å². The van der Waals surface area contributed by atoms with E-state index in [9.17, 15) is 0 Å². The largest absolute Gasteiger partial charge is 0.480 e. The number of nitrogens with zero attached hydrogens (tertiary/aromatic N) is 1. The van der Waals surface area contributed by atoms with E-state index < -0.39 is 0 Å². The lowest BCUT2D eigenvalue weighted by Crippen LogP contribution is -2.03. The van der Waals surface area contributed by atoms with Crippen LogP contribution in [0.15, 0.2) is 12.1 Å². The van der Waals surface area contributed by atoms with Crippen molar-refractivity contribution in [3.05, 3.63) is 17.8 Å². The summed E-state index contributed by atoms with van der Waals surface area (Å²) < 4.78 is 5.10. The first-order valence-corrected chi connectivity index (χ1v) is 5.85. The minimum Gasteiger partial charge on any atom is -0.480 e. The number of hydrogen-bond acceptors (Lipinski definition) is 4. The Bertz CT molecular complexity index is 324. The number of hydrogen-bond donors (Lipinski definition) is 1. The normalized spacial score (nSPS) is 21.1. The van der Waals surface area contributed by atoms with Crippen LogP contribution in [0.2, 0.25) is 0 Å². The summed E-state index contributed by atoms with van der Waals surface area (Å²) in [4.78, 5) is 4.41. The van der Waals surface area contributed by atoms with Crippen molar-refractivity contribution in [2.75, 3.05) is 24.3 Å². The predicted octanol–water partition coefficient (Wildman–Crippen LogP) is 1.89. The minimum absolute atomic E-state index is 0.555. The lowest BCUT2D eigenvalue weighted by molar-refractivity contribution is 0.397. The first-order valence-electron chi connectivity index (χ1n) is 4.69. The summed E-state index contributed by atoms with van der Waals surface area (Å²) in [6.45, 7) is 0. The van der Waals surface area contributed by atoms with Crippen LogP contribution < -0.4 is 10.5 Å². The molecule has 76 valence electrons. The lowest BCUT2D eigenvalue weighted by atomic mass is 10.0. The summed E-state index contributed by atoms with van der Waals surface area (Å²) in [7, 11) is 1.60. The zero-order valence-electron chi connectivity index (χ0n) is 8.19. The van der Waals surface area contributed by atoms with Crippen molar-refractivity contribution in [2.24, 2.45) is 0 Å². The predicted molar refractivity (Wildman–Crippen MR) is 59.9 cm³/mol. The molecule has 1 unspecified atom stereocenters. The maximum atomic E-state index is 5.71. The van der Waals surface area contributed by atoms with Gasteiger partial charge in [-0.15, -0.1) is 0 Å². The van der Waals surface area contributed by atoms with Gasteiger partial charge in [-0.25, -0.2) is 4.98 Å². The van der Waals surface area contributed by atoms with Gasteiger partial charge in [-0.1, -0.05) is 0 Å². The molecule has 14 heavy (non-hydrogen) atoms. The van der Waals surface area contributed by atoms with Crippen molar-refractivity contribution in [3.63, 3.8) is 0 Å². The molecule has 1 fully saturated rings. The summed E-state index contributed by atoms with van der Waals surface area (Å²) in [5.74, 6) is 3.54. The third-order valence-electron chi connectivity index (χ3n) is 2.45. The Morgan fingerprint density at radius 3 is 3.07 bits per heavy atom. The van der Waals surface area contributed by atoms with E-state index in [1.807, 2.05) is 23.9 Å². The molecule has 1 atom stereocenters. The average molecular weight is 210 g/mol. The Labute approximate surface area is 88.0 Å². The van der Waals surface area contributed by atoms with E-state index in [1.54, 1.807) is 7.11 Å². The molecular weight excluding hydrogens is 196 g/mol. The van der Waals surface area contributed by atoms with Gasteiger partial charge in [0.1, 0.15) is 0 Å². The maximum absolute atomic E-state index is 5.71. The number of thioether (sulfide) groups is 1. The molecule has 4 heteroatoms. The monoisotopic (exact) mass is 210 g/mol. The minimum atomic E-state index is 0.555. The molecule has 1 aliphatic heterocycles. The summed E-state index contributed by atoms with van der Waals surface area (Å²) in [6, 6.07) is 3.89. The molecule has 0 radical (unpaired) electrons. The Morgan fingerprint density at radius 1 is 1.57 bits per heavy atom. The van der Waals surface area contributed by atoms with E-state index in [0.717, 1.165) is 5.69 Å². The number of rotatable bonds is 2. The zero-order chi connectivity index (χ0) is 9.97. The van der Waals surface area contributed by atoms with Gasteiger partial charge in [-0.3, -0.25) is 0 Å². The summed E-state index contributed by atoms with van der Waals surface area (Å²) in [6.07, 6.45) is 1.21. The van der Waals surface area contributed by atoms with Crippen molar-refractivity contribution in [1.82, 2.24) is 4.98 Å². The molecule has 2 heterocycles. The molecule has 0 aromatic carbocycles. The Hall–Kier alpha value is -0.900. The molecule has 0 spiro atoms. The van der Waals surface area contributed by atoms with Crippen LogP contribution in [0.25, 0.3) is 0 Å². The maximum Gasteiger partial charge on any atom is 0.237 e. The molecule has 1 aromatic rings. The van der Waals surface area contributed by atoms with Crippen molar-refractivity contribution >= 4 is 17.4 Å². The first-order chi connectivity index (χ1) is 6.81. The standard InChI is InChI=1S/C10H14N2OS/c1-13-10-8(11)2-3-9(12-10)7-4-5-14-6-7/h2-3,7H,4-6,11H2,1H3. The molecule has 0 aliphatic carbocycles. The second kappa shape index (κ2) is 4.09. The SMILES string of the molecule is COc1nc(C2CCSC2)ccc1N. The fraction of sp³-hybridized carbons (Fsp3) is 0.500. The molecule has 1 saturated heterocycles. The van der Waals surface area contributed by atoms with Gasteiger partial charge in [0.25, 0.3) is 0 Å². The average Bonchev–Trinajstić information content (AvgIpc) is 2.71. The van der Waals surface area contributed by atoms with Gasteiger partial charge >= 0.3 is 0 Å². The zero-order valence-corrected chi connectivity index (χ0v) is 9.01. The topological polar surface area (TPSA) is 48.1 Å². The van der Waals surface area contributed by atoms with Gasteiger partial charge in [0.2, 0.25) is 5.88 Å². The number of ether oxygens (including phenoxy) is 1. The van der Waals surface area contributed by atoms with E-state index in [2.05, 4.69) is 4.98 Å². The number of methoxy groups -OCH3 is 1. The van der Waals surface area contributed by atoms with Gasteiger partial charge in [-0.05, 0) is 24.3 Å². The fourth-order valence-corrected chi connectivity index (χ4v) is 2.86. The van der Waals surface area contributed by atoms with Crippen molar-refractivity contribution in [2.45, 2.75) is 12.3 Å². The highest BCUT2D eigenvalue weighted by Gasteiger charge is 2.19. The molecule has 2 N–H and O–H groups in total. The number of pyridine rings is 1. The smallest absolute Gasteiger partial charge is 0.237 e. The molecule has 1 aromatic heterocycles. The van der Waals surface area contributed by atoms with Crippen LogP contribution in [0.3, 0.4) is 0 Å². The van der Waals surface area contributed by atoms with Crippen molar-refractivity contribution < 1.29 is 4.74 Å². The van der Waals surface area contributed by atoms with Gasteiger partial charge in [0.15, 0.2) is 0 Å². The number of anilines is 1. The molecule has 3 nitrogen and oxygen atoms in total. The Kier molecular flexibility index (Phi) is 2.82. The third kappa shape index (κ3) is 1.80. The van der Waals surface area contributed by atoms with Crippen LogP contribution in [-0.2, 0) is 0 Å². The lowest BCUT2D eigenvalue weighted by Gasteiger charge is -2.10. The molecule has 1 aliphatic rings. The van der Waals surface area contributed by atoms with E-state index >= 15 is 0 Å². The van der Waals surface area contributed by atoms with Gasteiger partial charge in [-0.2, -0.15) is 11.8 Å². The second-order valence-electron chi connectivity index (χ2n) is 3.40. The van der Waals surface area contributed by atoms with Gasteiger partial charge < -0.3 is 10.5 Å². The molecular formula is C10H14N2OS. The first kappa shape index (κ1) is 9.65. The van der Waals surface area contributed by atoms with Crippen LogP contribution in [0.1, 0.15) is 18.0 Å². The van der Waals surface area contributed by atoms with E-state index in [4.69, 9.17) is 10.5 Å². The summed E-state index contributed by atoms with van der Waals surface area (Å²) in [5.41, 5.74) is 7.43. The molecule has 0 saturated carbocycles. The third-order valence-corrected chi connectivity index (χ3v) is 3.62. The van der Waals surface area contributed by atoms with Crippen LogP contribution in [0.5, 0.6) is 5.88 Å². The van der Waals surface area contributed by atoms with Crippen LogP contribution in [-0.4, -0.2) is 23.6 Å². The number of nitrogen functional groups attached to an aromatic ring is 1. The van der Waals surface area contributed by atoms with Gasteiger partial charge in [0, 0.05) is 17.4 Å². The Balaban J connectivity index is 2.25. The number of nitrogens with two attached hydrogens (primary N) is 1. The van der Waals surface area contributed by atoms with E-state index in [0.29, 0.717) is 17.5 Å². The van der Waals surface area contributed by atoms with Crippen molar-refractivity contribution in [3.8, 4) is 5.88 Å². The highest BCUT2D eigenvalue weighted by atomic mass is 32.2. The quantitative estimate of drug-likeness (QED) is 0.810. The molecule has 0 bridgehead atoms. The van der Waals surface area contributed by atoms with E-state index in [-0.39, 0.29) is 0 Å². The highest BCUT2D eigenvalue weighted by Crippen LogP contribution is 2.33. The van der Waals surface area contributed by atoms with Crippen LogP contribution >= 0.6 is 11.8 Å². The molecule has 2 rings (SSSR count). The second-order valence-corrected chi connectivity index (χ2v) is 4.54. The highest BCUT2D eigenvalue weighted by molar-refractivity contribution is 7.99. The summed E-state index contributed by atoms with van der Waals surface area (Å²) in [5, 5.41) is 0.